The number of nitrogens with one attached hydrogen (secondary N) is 1. The van der Waals surface area contributed by atoms with Crippen molar-refractivity contribution in [1.29, 1.82) is 0 Å². The maximum absolute atomic E-state index is 12.5. The fourth-order valence-corrected chi connectivity index (χ4v) is 2.69. The van der Waals surface area contributed by atoms with Crippen molar-refractivity contribution in [2.45, 2.75) is 13.8 Å². The number of anilines is 1. The highest BCUT2D eigenvalue weighted by Crippen LogP contribution is 2.23. The average molecular weight is 326 g/mol. The lowest BCUT2D eigenvalue weighted by Crippen LogP contribution is -2.14. The van der Waals surface area contributed by atoms with Crippen LogP contribution < -0.4 is 5.32 Å². The van der Waals surface area contributed by atoms with Gasteiger partial charge in [-0.3, -0.25) is 4.79 Å². The summed E-state index contributed by atoms with van der Waals surface area (Å²) >= 11 is 6.09. The Morgan fingerprint density at radius 1 is 1.09 bits per heavy atom. The number of aromatic nitrogens is 2. The first kappa shape index (κ1) is 15.3. The summed E-state index contributed by atoms with van der Waals surface area (Å²) in [5.74, 6) is -0.246. The van der Waals surface area contributed by atoms with E-state index >= 15 is 0 Å². The molecule has 0 aliphatic heterocycles. The molecule has 0 aliphatic rings. The molecular weight excluding hydrogens is 310 g/mol. The topological polar surface area (TPSA) is 46.9 Å². The zero-order valence-electron chi connectivity index (χ0n) is 12.9. The van der Waals surface area contributed by atoms with E-state index in [4.69, 9.17) is 11.6 Å². The predicted octanol–water partition coefficient (Wildman–Crippen LogP) is 4.39. The summed E-state index contributed by atoms with van der Waals surface area (Å²) in [5, 5.41) is 7.82. The highest BCUT2D eigenvalue weighted by atomic mass is 35.5. The van der Waals surface area contributed by atoms with Gasteiger partial charge in [0.1, 0.15) is 0 Å². The van der Waals surface area contributed by atoms with Gasteiger partial charge in [0.25, 0.3) is 5.91 Å². The molecule has 3 rings (SSSR count). The Kier molecular flexibility index (Phi) is 4.17. The predicted molar refractivity (Wildman–Crippen MR) is 92.4 cm³/mol. The molecule has 1 heterocycles. The molecule has 0 saturated carbocycles. The van der Waals surface area contributed by atoms with Crippen LogP contribution in [0.1, 0.15) is 21.7 Å². The van der Waals surface area contributed by atoms with Gasteiger partial charge in [0.15, 0.2) is 0 Å². The molecule has 0 aliphatic carbocycles. The second-order valence-electron chi connectivity index (χ2n) is 5.29. The first-order chi connectivity index (χ1) is 11.1. The van der Waals surface area contributed by atoms with E-state index in [-0.39, 0.29) is 5.91 Å². The van der Waals surface area contributed by atoms with Crippen LogP contribution in [0.4, 0.5) is 5.69 Å². The van der Waals surface area contributed by atoms with Crippen LogP contribution in [0.15, 0.2) is 54.6 Å². The van der Waals surface area contributed by atoms with Gasteiger partial charge in [-0.2, -0.15) is 5.10 Å². The van der Waals surface area contributed by atoms with Crippen LogP contribution >= 0.6 is 11.6 Å². The Morgan fingerprint density at radius 3 is 2.48 bits per heavy atom. The van der Waals surface area contributed by atoms with E-state index in [1.54, 1.807) is 24.3 Å². The van der Waals surface area contributed by atoms with E-state index in [1.807, 2.05) is 48.9 Å². The van der Waals surface area contributed by atoms with Gasteiger partial charge in [0, 0.05) is 5.69 Å². The van der Waals surface area contributed by atoms with Gasteiger partial charge in [-0.15, -0.1) is 0 Å². The van der Waals surface area contributed by atoms with Crippen LogP contribution in [0, 0.1) is 13.8 Å². The lowest BCUT2D eigenvalue weighted by Gasteiger charge is -2.13. The van der Waals surface area contributed by atoms with Crippen LogP contribution in [-0.4, -0.2) is 15.7 Å². The van der Waals surface area contributed by atoms with Crippen molar-refractivity contribution in [1.82, 2.24) is 9.78 Å². The second kappa shape index (κ2) is 6.26. The van der Waals surface area contributed by atoms with E-state index < -0.39 is 0 Å². The van der Waals surface area contributed by atoms with Crippen LogP contribution in [0.3, 0.4) is 0 Å². The Bertz CT molecular complexity index is 870. The third-order valence-electron chi connectivity index (χ3n) is 3.51. The summed E-state index contributed by atoms with van der Waals surface area (Å²) in [6, 6.07) is 16.5. The van der Waals surface area contributed by atoms with E-state index in [1.165, 1.54) is 0 Å². The lowest BCUT2D eigenvalue weighted by molar-refractivity contribution is 0.102. The number of carbonyl (C=O) groups is 1. The quantitative estimate of drug-likeness (QED) is 0.776. The lowest BCUT2D eigenvalue weighted by atomic mass is 10.2. The van der Waals surface area contributed by atoms with Crippen LogP contribution in [0.5, 0.6) is 0 Å². The monoisotopic (exact) mass is 325 g/mol. The molecule has 0 saturated heterocycles. The normalized spacial score (nSPS) is 10.6. The van der Waals surface area contributed by atoms with Crippen LogP contribution in [0.2, 0.25) is 5.02 Å². The minimum atomic E-state index is -0.246. The van der Waals surface area contributed by atoms with E-state index in [9.17, 15) is 4.79 Å². The molecule has 5 heteroatoms. The third kappa shape index (κ3) is 3.12. The van der Waals surface area contributed by atoms with Gasteiger partial charge in [-0.05, 0) is 44.2 Å². The Labute approximate surface area is 139 Å². The van der Waals surface area contributed by atoms with Crippen LogP contribution in [-0.2, 0) is 0 Å². The maximum Gasteiger partial charge on any atom is 0.257 e. The molecule has 0 fully saturated rings. The molecule has 23 heavy (non-hydrogen) atoms. The molecule has 1 amide bonds. The SMILES string of the molecule is Cc1cc(C)n(-c2ccccc2NC(=O)c2ccccc2Cl)n1. The van der Waals surface area contributed by atoms with E-state index in [0.29, 0.717) is 16.3 Å². The first-order valence-corrected chi connectivity index (χ1v) is 7.62. The molecule has 0 bridgehead atoms. The van der Waals surface area contributed by atoms with Crippen molar-refractivity contribution >= 4 is 23.2 Å². The van der Waals surface area contributed by atoms with Gasteiger partial charge in [-0.25, -0.2) is 4.68 Å². The summed E-state index contributed by atoms with van der Waals surface area (Å²) in [7, 11) is 0. The molecule has 1 N–H and O–H groups in total. The Hall–Kier alpha value is -2.59. The summed E-state index contributed by atoms with van der Waals surface area (Å²) < 4.78 is 1.82. The standard InChI is InChI=1S/C18H16ClN3O/c1-12-11-13(2)22(21-12)17-10-6-5-9-16(17)20-18(23)14-7-3-4-8-15(14)19/h3-11H,1-2H3,(H,20,23). The fraction of sp³-hybridized carbons (Fsp3) is 0.111. The van der Waals surface area contributed by atoms with E-state index in [2.05, 4.69) is 10.4 Å². The third-order valence-corrected chi connectivity index (χ3v) is 3.84. The van der Waals surface area contributed by atoms with Gasteiger partial charge < -0.3 is 5.32 Å². The Balaban J connectivity index is 1.97. The zero-order chi connectivity index (χ0) is 16.4. The Morgan fingerprint density at radius 2 is 1.78 bits per heavy atom. The number of aryl methyl sites for hydroxylation is 2. The smallest absolute Gasteiger partial charge is 0.257 e. The first-order valence-electron chi connectivity index (χ1n) is 7.25. The zero-order valence-corrected chi connectivity index (χ0v) is 13.6. The number of para-hydroxylation sites is 2. The summed E-state index contributed by atoms with van der Waals surface area (Å²) in [6.45, 7) is 3.92. The number of hydrogen-bond donors (Lipinski definition) is 1. The summed E-state index contributed by atoms with van der Waals surface area (Å²) in [4.78, 5) is 12.5. The second-order valence-corrected chi connectivity index (χ2v) is 5.70. The number of halogens is 1. The van der Waals surface area contributed by atoms with Crippen molar-refractivity contribution in [3.8, 4) is 5.69 Å². The number of hydrogen-bond acceptors (Lipinski definition) is 2. The molecular formula is C18H16ClN3O. The molecule has 3 aromatic rings. The molecule has 116 valence electrons. The molecule has 1 aromatic heterocycles. The minimum absolute atomic E-state index is 0.246. The van der Waals surface area contributed by atoms with Crippen molar-refractivity contribution in [3.05, 3.63) is 76.6 Å². The minimum Gasteiger partial charge on any atom is -0.320 e. The van der Waals surface area contributed by atoms with Gasteiger partial charge >= 0.3 is 0 Å². The van der Waals surface area contributed by atoms with Gasteiger partial charge in [-0.1, -0.05) is 35.9 Å². The molecule has 4 nitrogen and oxygen atoms in total. The van der Waals surface area contributed by atoms with E-state index in [0.717, 1.165) is 17.1 Å². The summed E-state index contributed by atoms with van der Waals surface area (Å²) in [5.41, 5.74) is 3.87. The van der Waals surface area contributed by atoms with Gasteiger partial charge in [0.05, 0.1) is 27.7 Å². The number of benzene rings is 2. The molecule has 0 spiro atoms. The number of amides is 1. The number of nitrogens with zero attached hydrogens (tertiary/aromatic N) is 2. The highest BCUT2D eigenvalue weighted by molar-refractivity contribution is 6.34. The maximum atomic E-state index is 12.5. The van der Waals surface area contributed by atoms with Crippen molar-refractivity contribution in [2.24, 2.45) is 0 Å². The summed E-state index contributed by atoms with van der Waals surface area (Å²) in [6.07, 6.45) is 0. The fourth-order valence-electron chi connectivity index (χ4n) is 2.47. The molecule has 0 radical (unpaired) electrons. The number of carbonyl (C=O) groups excluding carboxylic acids is 1. The highest BCUT2D eigenvalue weighted by Gasteiger charge is 2.14. The van der Waals surface area contributed by atoms with Crippen molar-refractivity contribution in [3.63, 3.8) is 0 Å². The van der Waals surface area contributed by atoms with Crippen molar-refractivity contribution < 1.29 is 4.79 Å². The van der Waals surface area contributed by atoms with Crippen molar-refractivity contribution in [2.75, 3.05) is 5.32 Å². The number of rotatable bonds is 3. The van der Waals surface area contributed by atoms with Gasteiger partial charge in [0.2, 0.25) is 0 Å². The molecule has 0 unspecified atom stereocenters. The van der Waals surface area contributed by atoms with Crippen LogP contribution in [0.25, 0.3) is 5.69 Å². The molecule has 2 aromatic carbocycles. The molecule has 0 atom stereocenters. The average Bonchev–Trinajstić information content (AvgIpc) is 2.86. The largest absolute Gasteiger partial charge is 0.320 e.